The molecule has 3 heteroatoms. The largest absolute Gasteiger partial charge is 0.241 e. The summed E-state index contributed by atoms with van der Waals surface area (Å²) >= 11 is 6.51. The van der Waals surface area contributed by atoms with E-state index < -0.39 is 0 Å². The quantitative estimate of drug-likeness (QED) is 0.599. The lowest BCUT2D eigenvalue weighted by Crippen LogP contribution is -2.24. The molecule has 0 saturated heterocycles. The molecule has 1 aromatic rings. The molecular formula is C15H23ClN2. The summed E-state index contributed by atoms with van der Waals surface area (Å²) in [5, 5.41) is 0.125. The van der Waals surface area contributed by atoms with E-state index in [1.807, 2.05) is 0 Å². The van der Waals surface area contributed by atoms with Crippen LogP contribution in [0.1, 0.15) is 57.0 Å². The first kappa shape index (κ1) is 13.8. The number of aromatic nitrogens is 2. The number of rotatable bonds is 2. The Morgan fingerprint density at radius 2 is 1.89 bits per heavy atom. The third-order valence-electron chi connectivity index (χ3n) is 3.78. The Kier molecular flexibility index (Phi) is 4.26. The molecule has 1 heterocycles. The van der Waals surface area contributed by atoms with E-state index in [0.717, 1.165) is 19.3 Å². The van der Waals surface area contributed by atoms with Gasteiger partial charge in [-0.3, -0.25) is 0 Å². The van der Waals surface area contributed by atoms with Gasteiger partial charge in [0.15, 0.2) is 0 Å². The summed E-state index contributed by atoms with van der Waals surface area (Å²) in [5.74, 6) is 0. The number of hydrogen-bond donors (Lipinski definition) is 0. The van der Waals surface area contributed by atoms with Gasteiger partial charge in [-0.05, 0) is 36.7 Å². The molecule has 1 aliphatic carbocycles. The molecule has 0 bridgehead atoms. The van der Waals surface area contributed by atoms with Crippen molar-refractivity contribution in [3.05, 3.63) is 23.3 Å². The van der Waals surface area contributed by atoms with Gasteiger partial charge in [0.1, 0.15) is 6.33 Å². The molecule has 100 valence electrons. The zero-order valence-corrected chi connectivity index (χ0v) is 12.4. The number of aryl methyl sites for hydroxylation is 1. The van der Waals surface area contributed by atoms with Crippen LogP contribution < -0.4 is 0 Å². The molecule has 0 fully saturated rings. The second kappa shape index (κ2) is 5.56. The Labute approximate surface area is 115 Å². The fraction of sp³-hybridized carbons (Fsp3) is 0.733. The first-order valence-corrected chi connectivity index (χ1v) is 7.38. The Morgan fingerprint density at radius 1 is 1.17 bits per heavy atom. The van der Waals surface area contributed by atoms with E-state index in [4.69, 9.17) is 11.6 Å². The van der Waals surface area contributed by atoms with Gasteiger partial charge in [0.25, 0.3) is 0 Å². The van der Waals surface area contributed by atoms with Gasteiger partial charge in [-0.25, -0.2) is 9.97 Å². The average Bonchev–Trinajstić information content (AvgIpc) is 2.53. The summed E-state index contributed by atoms with van der Waals surface area (Å²) in [6, 6.07) is 0. The molecule has 0 aromatic carbocycles. The highest BCUT2D eigenvalue weighted by atomic mass is 35.5. The van der Waals surface area contributed by atoms with Crippen LogP contribution in [-0.4, -0.2) is 15.3 Å². The fourth-order valence-corrected chi connectivity index (χ4v) is 2.56. The van der Waals surface area contributed by atoms with Gasteiger partial charge in [0, 0.05) is 23.2 Å². The Bertz CT molecular complexity index is 409. The van der Waals surface area contributed by atoms with Crippen molar-refractivity contribution in [2.75, 3.05) is 0 Å². The zero-order chi connectivity index (χ0) is 13.2. The van der Waals surface area contributed by atoms with Gasteiger partial charge < -0.3 is 0 Å². The second-order valence-corrected chi connectivity index (χ2v) is 6.87. The molecule has 1 unspecified atom stereocenters. The first-order valence-electron chi connectivity index (χ1n) is 6.94. The highest BCUT2D eigenvalue weighted by Gasteiger charge is 2.25. The molecule has 2 nitrogen and oxygen atoms in total. The molecule has 0 saturated carbocycles. The van der Waals surface area contributed by atoms with Crippen molar-refractivity contribution in [1.29, 1.82) is 0 Å². The van der Waals surface area contributed by atoms with E-state index in [2.05, 4.69) is 30.7 Å². The van der Waals surface area contributed by atoms with Gasteiger partial charge in [0.05, 0.1) is 0 Å². The summed E-state index contributed by atoms with van der Waals surface area (Å²) in [4.78, 5) is 8.95. The van der Waals surface area contributed by atoms with Crippen LogP contribution in [0.4, 0.5) is 0 Å². The van der Waals surface area contributed by atoms with Gasteiger partial charge in [-0.2, -0.15) is 0 Å². The van der Waals surface area contributed by atoms with Crippen LogP contribution in [-0.2, 0) is 19.3 Å². The monoisotopic (exact) mass is 266 g/mol. The topological polar surface area (TPSA) is 25.8 Å². The van der Waals surface area contributed by atoms with Crippen molar-refractivity contribution >= 4 is 11.6 Å². The Balaban J connectivity index is 2.23. The highest BCUT2D eigenvalue weighted by Crippen LogP contribution is 2.29. The van der Waals surface area contributed by atoms with Gasteiger partial charge in [0.2, 0.25) is 0 Å². The van der Waals surface area contributed by atoms with Crippen molar-refractivity contribution in [3.63, 3.8) is 0 Å². The van der Waals surface area contributed by atoms with E-state index >= 15 is 0 Å². The van der Waals surface area contributed by atoms with E-state index in [1.165, 1.54) is 36.2 Å². The summed E-state index contributed by atoms with van der Waals surface area (Å²) in [6.45, 7) is 6.56. The fourth-order valence-electron chi connectivity index (χ4n) is 2.42. The van der Waals surface area contributed by atoms with Crippen LogP contribution in [0.2, 0.25) is 0 Å². The molecule has 0 N–H and O–H groups in total. The number of hydrogen-bond acceptors (Lipinski definition) is 2. The van der Waals surface area contributed by atoms with Crippen molar-refractivity contribution in [2.45, 2.75) is 64.7 Å². The third-order valence-corrected chi connectivity index (χ3v) is 4.59. The number of halogens is 1. The average molecular weight is 267 g/mol. The third kappa shape index (κ3) is 3.23. The van der Waals surface area contributed by atoms with E-state index in [0.29, 0.717) is 0 Å². The molecule has 0 spiro atoms. The van der Waals surface area contributed by atoms with E-state index in [-0.39, 0.29) is 10.8 Å². The van der Waals surface area contributed by atoms with Crippen LogP contribution in [0.3, 0.4) is 0 Å². The Morgan fingerprint density at radius 3 is 2.61 bits per heavy atom. The van der Waals surface area contributed by atoms with Crippen LogP contribution >= 0.6 is 11.6 Å². The minimum atomic E-state index is 0.115. The van der Waals surface area contributed by atoms with Crippen LogP contribution in [0.15, 0.2) is 6.33 Å². The van der Waals surface area contributed by atoms with Crippen molar-refractivity contribution in [3.8, 4) is 0 Å². The van der Waals surface area contributed by atoms with Gasteiger partial charge >= 0.3 is 0 Å². The summed E-state index contributed by atoms with van der Waals surface area (Å²) in [5.41, 5.74) is 3.93. The maximum Gasteiger partial charge on any atom is 0.115 e. The van der Waals surface area contributed by atoms with Gasteiger partial charge in [-0.1, -0.05) is 27.2 Å². The maximum atomic E-state index is 6.51. The normalized spacial score (nSPS) is 18.0. The zero-order valence-electron chi connectivity index (χ0n) is 11.7. The lowest BCUT2D eigenvalue weighted by molar-refractivity contribution is 0.384. The second-order valence-electron chi connectivity index (χ2n) is 6.34. The van der Waals surface area contributed by atoms with Crippen molar-refractivity contribution < 1.29 is 0 Å². The summed E-state index contributed by atoms with van der Waals surface area (Å²) in [7, 11) is 0. The lowest BCUT2D eigenvalue weighted by atomic mass is 9.88. The molecule has 18 heavy (non-hydrogen) atoms. The van der Waals surface area contributed by atoms with Crippen LogP contribution in [0.5, 0.6) is 0 Å². The predicted octanol–water partition coefficient (Wildman–Crippen LogP) is 3.94. The number of alkyl halides is 1. The lowest BCUT2D eigenvalue weighted by Gasteiger charge is -2.25. The molecule has 1 atom stereocenters. The van der Waals surface area contributed by atoms with Crippen LogP contribution in [0, 0.1) is 5.41 Å². The summed E-state index contributed by atoms with van der Waals surface area (Å²) in [6.07, 6.45) is 8.62. The minimum Gasteiger partial charge on any atom is -0.241 e. The van der Waals surface area contributed by atoms with Crippen molar-refractivity contribution in [1.82, 2.24) is 9.97 Å². The van der Waals surface area contributed by atoms with Crippen LogP contribution in [0.25, 0.3) is 0 Å². The molecule has 0 amide bonds. The smallest absolute Gasteiger partial charge is 0.115 e. The first-order chi connectivity index (χ1) is 8.48. The minimum absolute atomic E-state index is 0.115. The molecule has 1 aromatic heterocycles. The maximum absolute atomic E-state index is 6.51. The van der Waals surface area contributed by atoms with Crippen molar-refractivity contribution in [2.24, 2.45) is 5.41 Å². The van der Waals surface area contributed by atoms with E-state index in [9.17, 15) is 0 Å². The molecule has 1 aliphatic rings. The SMILES string of the molecule is CC(C)(C)C(Cl)Cc1ncnc2c1CCCCC2. The highest BCUT2D eigenvalue weighted by molar-refractivity contribution is 6.21. The van der Waals surface area contributed by atoms with E-state index in [1.54, 1.807) is 6.33 Å². The predicted molar refractivity (Wildman–Crippen MR) is 76.1 cm³/mol. The standard InChI is InChI=1S/C15H23ClN2/c1-15(2,3)14(16)9-13-11-7-5-4-6-8-12(11)17-10-18-13/h10,14H,4-9H2,1-3H3. The van der Waals surface area contributed by atoms with Gasteiger partial charge in [-0.15, -0.1) is 11.6 Å². The molecule has 0 radical (unpaired) electrons. The molecule has 2 rings (SSSR count). The number of fused-ring (bicyclic) bond motifs is 1. The Hall–Kier alpha value is -0.630. The molecule has 0 aliphatic heterocycles. The molecular weight excluding hydrogens is 244 g/mol. The number of nitrogens with zero attached hydrogens (tertiary/aromatic N) is 2. The summed E-state index contributed by atoms with van der Waals surface area (Å²) < 4.78 is 0.